The van der Waals surface area contributed by atoms with Crippen LogP contribution in [-0.2, 0) is 4.75 Å². The summed E-state index contributed by atoms with van der Waals surface area (Å²) in [5.74, 6) is -0.282. The maximum atomic E-state index is 12.9. The molecule has 1 aromatic heterocycles. The summed E-state index contributed by atoms with van der Waals surface area (Å²) in [6.45, 7) is 0.447. The van der Waals surface area contributed by atoms with E-state index in [0.29, 0.717) is 5.69 Å². The van der Waals surface area contributed by atoms with E-state index in [-0.39, 0.29) is 19.0 Å². The Morgan fingerprint density at radius 2 is 1.45 bits per heavy atom. The third-order valence-corrected chi connectivity index (χ3v) is 7.65. The Kier molecular flexibility index (Phi) is 7.42. The fourth-order valence-electron chi connectivity index (χ4n) is 3.64. The van der Waals surface area contributed by atoms with Crippen LogP contribution in [0.3, 0.4) is 0 Å². The minimum atomic E-state index is -0.587. The molecule has 164 valence electrons. The van der Waals surface area contributed by atoms with Crippen molar-refractivity contribution >= 4 is 29.0 Å². The minimum Gasteiger partial charge on any atom is -0.351 e. The van der Waals surface area contributed by atoms with Crippen molar-refractivity contribution in [3.63, 3.8) is 0 Å². The van der Waals surface area contributed by atoms with Crippen LogP contribution in [0.4, 0.5) is 0 Å². The zero-order chi connectivity index (χ0) is 22.9. The fraction of sp³-hybridized carbons (Fsp3) is 0.120. The molecule has 0 unspecified atom stereocenters. The van der Waals surface area contributed by atoms with E-state index in [0.717, 1.165) is 20.9 Å². The molecule has 1 amide bonds. The second-order valence-electron chi connectivity index (χ2n) is 7.08. The largest absolute Gasteiger partial charge is 0.351 e. The van der Waals surface area contributed by atoms with E-state index >= 15 is 0 Å². The van der Waals surface area contributed by atoms with E-state index in [1.807, 2.05) is 54.6 Å². The summed E-state index contributed by atoms with van der Waals surface area (Å²) in [7, 11) is 0. The minimum absolute atomic E-state index is 0.191. The zero-order valence-corrected chi connectivity index (χ0v) is 19.3. The van der Waals surface area contributed by atoms with Gasteiger partial charge < -0.3 is 5.32 Å². The molecule has 0 fully saturated rings. The van der Waals surface area contributed by atoms with Gasteiger partial charge in [0.05, 0.1) is 14.5 Å². The van der Waals surface area contributed by atoms with Crippen molar-refractivity contribution in [1.29, 1.82) is 0 Å². The predicted octanol–water partition coefficient (Wildman–Crippen LogP) is 6.27. The number of benzene rings is 3. The molecule has 1 N–H and O–H groups in total. The van der Waals surface area contributed by atoms with E-state index in [4.69, 9.17) is 5.53 Å². The van der Waals surface area contributed by atoms with Gasteiger partial charge in [-0.1, -0.05) is 108 Å². The van der Waals surface area contributed by atoms with Crippen molar-refractivity contribution in [2.24, 2.45) is 5.11 Å². The lowest BCUT2D eigenvalue weighted by Crippen LogP contribution is -2.28. The Hall–Kier alpha value is -3.58. The van der Waals surface area contributed by atoms with Crippen molar-refractivity contribution in [3.8, 4) is 0 Å². The lowest BCUT2D eigenvalue weighted by atomic mass is 9.84. The highest BCUT2D eigenvalue weighted by atomic mass is 32.2. The number of thioether (sulfide) groups is 1. The van der Waals surface area contributed by atoms with E-state index in [1.54, 1.807) is 17.3 Å². The molecule has 1 heterocycles. The van der Waals surface area contributed by atoms with Crippen molar-refractivity contribution in [1.82, 2.24) is 10.3 Å². The number of amides is 1. The second-order valence-corrected chi connectivity index (χ2v) is 9.42. The Balaban J connectivity index is 1.82. The molecular weight excluding hydrogens is 450 g/mol. The van der Waals surface area contributed by atoms with Crippen molar-refractivity contribution in [3.05, 3.63) is 129 Å². The van der Waals surface area contributed by atoms with E-state index in [1.165, 1.54) is 11.3 Å². The molecule has 0 spiro atoms. The molecule has 0 saturated carbocycles. The third kappa shape index (κ3) is 4.93. The van der Waals surface area contributed by atoms with Gasteiger partial charge in [-0.15, -0.1) is 11.3 Å². The highest BCUT2D eigenvalue weighted by Crippen LogP contribution is 2.53. The molecule has 0 atom stereocenters. The summed E-state index contributed by atoms with van der Waals surface area (Å²) in [4.78, 5) is 20.0. The van der Waals surface area contributed by atoms with Crippen LogP contribution in [0.5, 0.6) is 0 Å². The number of aromatic nitrogens is 1. The number of thiazole rings is 1. The quantitative estimate of drug-likeness (QED) is 0.0779. The molecule has 33 heavy (non-hydrogen) atoms. The first kappa shape index (κ1) is 22.6. The normalized spacial score (nSPS) is 10.9. The van der Waals surface area contributed by atoms with Crippen molar-refractivity contribution in [2.75, 3.05) is 13.1 Å². The SMILES string of the molecule is [N-]=[N+]=NCCNC(=O)c1ncsc1SC(c1ccccc1)(c1ccccc1)c1ccccc1. The Morgan fingerprint density at radius 1 is 0.939 bits per heavy atom. The summed E-state index contributed by atoms with van der Waals surface area (Å²) in [6, 6.07) is 30.9. The van der Waals surface area contributed by atoms with Crippen LogP contribution in [0.1, 0.15) is 27.2 Å². The van der Waals surface area contributed by atoms with E-state index in [2.05, 4.69) is 56.7 Å². The average molecular weight is 472 g/mol. The van der Waals surface area contributed by atoms with Gasteiger partial charge >= 0.3 is 0 Å². The first-order valence-electron chi connectivity index (χ1n) is 10.3. The summed E-state index contributed by atoms with van der Waals surface area (Å²) in [6.07, 6.45) is 0. The van der Waals surface area contributed by atoms with Crippen LogP contribution in [0, 0.1) is 0 Å². The second kappa shape index (κ2) is 10.8. The zero-order valence-electron chi connectivity index (χ0n) is 17.7. The van der Waals surface area contributed by atoms with Crippen molar-refractivity contribution < 1.29 is 4.79 Å². The fourth-order valence-corrected chi connectivity index (χ4v) is 6.13. The maximum absolute atomic E-state index is 12.9. The van der Waals surface area contributed by atoms with Gasteiger partial charge in [-0.2, -0.15) is 0 Å². The van der Waals surface area contributed by atoms with Gasteiger partial charge in [-0.25, -0.2) is 4.98 Å². The number of carbonyl (C=O) groups is 1. The standard InChI is InChI=1S/C25H21N5OS2/c26-30-29-17-16-27-23(31)22-24(32-18-28-22)33-25(19-10-4-1-5-11-19,20-12-6-2-7-13-20)21-14-8-3-9-15-21/h1-15,18H,16-17H2,(H,27,31). The summed E-state index contributed by atoms with van der Waals surface area (Å²) in [5, 5.41) is 6.26. The number of rotatable bonds is 9. The topological polar surface area (TPSA) is 90.8 Å². The highest BCUT2D eigenvalue weighted by molar-refractivity contribution is 8.02. The molecule has 0 radical (unpaired) electrons. The van der Waals surface area contributed by atoms with Crippen LogP contribution < -0.4 is 5.32 Å². The van der Waals surface area contributed by atoms with Gasteiger partial charge in [-0.3, -0.25) is 4.79 Å². The maximum Gasteiger partial charge on any atom is 0.271 e. The number of nitrogens with zero attached hydrogens (tertiary/aromatic N) is 4. The van der Waals surface area contributed by atoms with Gasteiger partial charge in [-0.05, 0) is 22.2 Å². The molecule has 0 bridgehead atoms. The number of nitrogens with one attached hydrogen (secondary N) is 1. The van der Waals surface area contributed by atoms with E-state index in [9.17, 15) is 4.79 Å². The number of hydrogen-bond acceptors (Lipinski definition) is 5. The third-order valence-electron chi connectivity index (χ3n) is 5.10. The Morgan fingerprint density at radius 3 is 1.94 bits per heavy atom. The van der Waals surface area contributed by atoms with Crippen molar-refractivity contribution in [2.45, 2.75) is 8.96 Å². The Labute approximate surface area is 200 Å². The summed E-state index contributed by atoms with van der Waals surface area (Å²) >= 11 is 3.06. The molecule has 4 rings (SSSR count). The smallest absolute Gasteiger partial charge is 0.271 e. The van der Waals surface area contributed by atoms with Gasteiger partial charge in [0.2, 0.25) is 0 Å². The first-order valence-corrected chi connectivity index (χ1v) is 12.0. The molecule has 0 saturated heterocycles. The molecule has 8 heteroatoms. The summed E-state index contributed by atoms with van der Waals surface area (Å²) in [5.41, 5.74) is 13.8. The van der Waals surface area contributed by atoms with Crippen LogP contribution in [0.25, 0.3) is 10.4 Å². The number of hydrogen-bond donors (Lipinski definition) is 1. The van der Waals surface area contributed by atoms with Gasteiger partial charge in [0.25, 0.3) is 5.91 Å². The monoisotopic (exact) mass is 471 g/mol. The lowest BCUT2D eigenvalue weighted by Gasteiger charge is -2.35. The van der Waals surface area contributed by atoms with Crippen LogP contribution in [0.2, 0.25) is 0 Å². The van der Waals surface area contributed by atoms with Gasteiger partial charge in [0.1, 0.15) is 0 Å². The molecule has 0 aliphatic carbocycles. The molecule has 0 aliphatic heterocycles. The van der Waals surface area contributed by atoms with Gasteiger partial charge in [0.15, 0.2) is 5.69 Å². The summed E-state index contributed by atoms with van der Waals surface area (Å²) < 4.78 is 0.226. The molecule has 3 aromatic carbocycles. The lowest BCUT2D eigenvalue weighted by molar-refractivity contribution is 0.0947. The predicted molar refractivity (Wildman–Crippen MR) is 134 cm³/mol. The van der Waals surface area contributed by atoms with Crippen LogP contribution >= 0.6 is 23.1 Å². The molecule has 4 aromatic rings. The highest BCUT2D eigenvalue weighted by Gasteiger charge is 2.39. The van der Waals surface area contributed by atoms with E-state index < -0.39 is 4.75 Å². The molecule has 6 nitrogen and oxygen atoms in total. The first-order chi connectivity index (χ1) is 16.3. The molecule has 0 aliphatic rings. The number of azide groups is 1. The number of carbonyl (C=O) groups excluding carboxylic acids is 1. The van der Waals surface area contributed by atoms with Crippen LogP contribution in [-0.4, -0.2) is 24.0 Å². The average Bonchev–Trinajstić information content (AvgIpc) is 3.35. The van der Waals surface area contributed by atoms with Gasteiger partial charge in [0, 0.05) is 18.0 Å². The Bertz CT molecular complexity index is 1140. The molecular formula is C25H21N5OS2. The van der Waals surface area contributed by atoms with Crippen LogP contribution in [0.15, 0.2) is 106 Å².